The van der Waals surface area contributed by atoms with Gasteiger partial charge in [-0.25, -0.2) is 4.79 Å². The van der Waals surface area contributed by atoms with E-state index in [1.807, 2.05) is 6.07 Å². The Labute approximate surface area is 169 Å². The fourth-order valence-electron chi connectivity index (χ4n) is 3.36. The molecule has 0 bridgehead atoms. The fourth-order valence-corrected chi connectivity index (χ4v) is 3.36. The average molecular weight is 404 g/mol. The van der Waals surface area contributed by atoms with Gasteiger partial charge in [-0.05, 0) is 31.4 Å². The van der Waals surface area contributed by atoms with Crippen molar-refractivity contribution >= 4 is 17.8 Å². The standard InChI is InChI=1S/C20H28N4O5/c25-18(11-6-12-21-20(27)22-14-7-2-1-3-8-14)23-24-19(26)17-13-28-15-9-4-5-10-16(15)29-17/h4-5,9-10,14,17H,1-3,6-8,11-13H2,(H,23,25)(H,24,26)(H2,21,22,27). The van der Waals surface area contributed by atoms with Crippen LogP contribution in [0.3, 0.4) is 0 Å². The maximum absolute atomic E-state index is 12.1. The number of rotatable bonds is 6. The van der Waals surface area contributed by atoms with Gasteiger partial charge in [-0.3, -0.25) is 20.4 Å². The Balaban J connectivity index is 1.26. The van der Waals surface area contributed by atoms with E-state index in [9.17, 15) is 14.4 Å². The summed E-state index contributed by atoms with van der Waals surface area (Å²) in [6.45, 7) is 0.453. The minimum atomic E-state index is -0.838. The maximum Gasteiger partial charge on any atom is 0.315 e. The van der Waals surface area contributed by atoms with Crippen molar-refractivity contribution in [2.75, 3.05) is 13.2 Å². The first kappa shape index (κ1) is 20.8. The minimum Gasteiger partial charge on any atom is -0.485 e. The molecule has 4 amide bonds. The summed E-state index contributed by atoms with van der Waals surface area (Å²) in [5.74, 6) is 0.242. The Morgan fingerprint density at radius 3 is 2.55 bits per heavy atom. The van der Waals surface area contributed by atoms with Crippen molar-refractivity contribution in [3.05, 3.63) is 24.3 Å². The molecule has 1 heterocycles. The fraction of sp³-hybridized carbons (Fsp3) is 0.550. The van der Waals surface area contributed by atoms with Gasteiger partial charge in [0.1, 0.15) is 6.61 Å². The zero-order chi connectivity index (χ0) is 20.5. The highest BCUT2D eigenvalue weighted by molar-refractivity contribution is 5.85. The molecule has 4 N–H and O–H groups in total. The molecular formula is C20H28N4O5. The maximum atomic E-state index is 12.1. The number of nitrogens with one attached hydrogen (secondary N) is 4. The van der Waals surface area contributed by atoms with E-state index in [4.69, 9.17) is 9.47 Å². The van der Waals surface area contributed by atoms with Crippen LogP contribution in [-0.2, 0) is 9.59 Å². The van der Waals surface area contributed by atoms with Crippen LogP contribution in [0.4, 0.5) is 4.79 Å². The van der Waals surface area contributed by atoms with Gasteiger partial charge in [0.05, 0.1) is 0 Å². The van der Waals surface area contributed by atoms with Crippen LogP contribution in [0.25, 0.3) is 0 Å². The number of benzene rings is 1. The van der Waals surface area contributed by atoms with Gasteiger partial charge in [0.2, 0.25) is 12.0 Å². The first-order valence-corrected chi connectivity index (χ1v) is 10.1. The molecule has 29 heavy (non-hydrogen) atoms. The van der Waals surface area contributed by atoms with Crippen molar-refractivity contribution in [1.29, 1.82) is 0 Å². The number of fused-ring (bicyclic) bond motifs is 1. The van der Waals surface area contributed by atoms with Crippen LogP contribution in [-0.4, -0.2) is 43.1 Å². The lowest BCUT2D eigenvalue weighted by atomic mass is 9.96. The molecular weight excluding hydrogens is 376 g/mol. The van der Waals surface area contributed by atoms with E-state index >= 15 is 0 Å². The Hall–Kier alpha value is -2.97. The van der Waals surface area contributed by atoms with Gasteiger partial charge in [-0.2, -0.15) is 0 Å². The number of urea groups is 1. The van der Waals surface area contributed by atoms with Gasteiger partial charge in [-0.1, -0.05) is 31.4 Å². The van der Waals surface area contributed by atoms with Gasteiger partial charge in [0, 0.05) is 19.0 Å². The first-order valence-electron chi connectivity index (χ1n) is 10.1. The normalized spacial score (nSPS) is 18.4. The quantitative estimate of drug-likeness (QED) is 0.422. The molecule has 0 radical (unpaired) electrons. The predicted octanol–water partition coefficient (Wildman–Crippen LogP) is 1.39. The summed E-state index contributed by atoms with van der Waals surface area (Å²) in [5, 5.41) is 5.71. The topological polar surface area (TPSA) is 118 Å². The monoisotopic (exact) mass is 404 g/mol. The Morgan fingerprint density at radius 2 is 1.76 bits per heavy atom. The van der Waals surface area contributed by atoms with E-state index in [1.165, 1.54) is 6.42 Å². The lowest BCUT2D eigenvalue weighted by Crippen LogP contribution is -2.50. The molecule has 158 valence electrons. The highest BCUT2D eigenvalue weighted by atomic mass is 16.6. The number of amides is 4. The van der Waals surface area contributed by atoms with Crippen molar-refractivity contribution < 1.29 is 23.9 Å². The highest BCUT2D eigenvalue weighted by Crippen LogP contribution is 2.30. The number of hydrazine groups is 1. The average Bonchev–Trinajstić information content (AvgIpc) is 2.75. The van der Waals surface area contributed by atoms with Crippen LogP contribution >= 0.6 is 0 Å². The van der Waals surface area contributed by atoms with Gasteiger partial charge in [0.25, 0.3) is 5.91 Å². The molecule has 1 atom stereocenters. The lowest BCUT2D eigenvalue weighted by molar-refractivity contribution is -0.135. The van der Waals surface area contributed by atoms with Crippen molar-refractivity contribution in [3.8, 4) is 11.5 Å². The van der Waals surface area contributed by atoms with E-state index in [2.05, 4.69) is 21.5 Å². The summed E-state index contributed by atoms with van der Waals surface area (Å²) in [5.41, 5.74) is 4.70. The summed E-state index contributed by atoms with van der Waals surface area (Å²) in [6, 6.07) is 7.13. The second-order valence-electron chi connectivity index (χ2n) is 7.24. The molecule has 0 saturated heterocycles. The molecule has 1 aliphatic carbocycles. The van der Waals surface area contributed by atoms with E-state index < -0.39 is 12.0 Å². The lowest BCUT2D eigenvalue weighted by Gasteiger charge is -2.25. The molecule has 2 aliphatic rings. The Morgan fingerprint density at radius 1 is 1.00 bits per heavy atom. The van der Waals surface area contributed by atoms with Crippen LogP contribution in [0.5, 0.6) is 11.5 Å². The SMILES string of the molecule is O=C(CCCNC(=O)NC1CCCCC1)NNC(=O)C1COc2ccccc2O1. The molecule has 1 unspecified atom stereocenters. The Kier molecular flexibility index (Phi) is 7.54. The molecule has 1 aliphatic heterocycles. The van der Waals surface area contributed by atoms with E-state index in [1.54, 1.807) is 18.2 Å². The molecule has 9 heteroatoms. The van der Waals surface area contributed by atoms with E-state index in [-0.39, 0.29) is 31.0 Å². The van der Waals surface area contributed by atoms with E-state index in [0.29, 0.717) is 24.5 Å². The second kappa shape index (κ2) is 10.5. The molecule has 1 aromatic rings. The zero-order valence-electron chi connectivity index (χ0n) is 16.4. The van der Waals surface area contributed by atoms with Crippen LogP contribution in [0.1, 0.15) is 44.9 Å². The number of carbonyl (C=O) groups is 3. The summed E-state index contributed by atoms with van der Waals surface area (Å²) in [6.07, 6.45) is 5.40. The second-order valence-corrected chi connectivity index (χ2v) is 7.24. The third-order valence-corrected chi connectivity index (χ3v) is 4.93. The smallest absolute Gasteiger partial charge is 0.315 e. The van der Waals surface area contributed by atoms with Crippen LogP contribution in [0.2, 0.25) is 0 Å². The largest absolute Gasteiger partial charge is 0.485 e. The van der Waals surface area contributed by atoms with Crippen molar-refractivity contribution in [1.82, 2.24) is 21.5 Å². The Bertz CT molecular complexity index is 721. The molecule has 0 aromatic heterocycles. The summed E-state index contributed by atoms with van der Waals surface area (Å²) in [7, 11) is 0. The van der Waals surface area contributed by atoms with Gasteiger partial charge in [0.15, 0.2) is 11.5 Å². The summed E-state index contributed by atoms with van der Waals surface area (Å²) in [4.78, 5) is 35.8. The first-order chi connectivity index (χ1) is 14.1. The predicted molar refractivity (Wildman–Crippen MR) is 105 cm³/mol. The third kappa shape index (κ3) is 6.55. The molecule has 1 fully saturated rings. The molecule has 9 nitrogen and oxygen atoms in total. The number of ether oxygens (including phenoxy) is 2. The van der Waals surface area contributed by atoms with Crippen LogP contribution in [0.15, 0.2) is 24.3 Å². The van der Waals surface area contributed by atoms with Crippen molar-refractivity contribution in [2.24, 2.45) is 0 Å². The number of carbonyl (C=O) groups excluding carboxylic acids is 3. The summed E-state index contributed by atoms with van der Waals surface area (Å²) >= 11 is 0. The third-order valence-electron chi connectivity index (χ3n) is 4.93. The molecule has 1 aromatic carbocycles. The van der Waals surface area contributed by atoms with Gasteiger partial charge >= 0.3 is 6.03 Å². The van der Waals surface area contributed by atoms with Crippen molar-refractivity contribution in [3.63, 3.8) is 0 Å². The minimum absolute atomic E-state index is 0.0682. The number of hydrogen-bond acceptors (Lipinski definition) is 5. The zero-order valence-corrected chi connectivity index (χ0v) is 16.4. The van der Waals surface area contributed by atoms with E-state index in [0.717, 1.165) is 25.7 Å². The van der Waals surface area contributed by atoms with Crippen LogP contribution in [0, 0.1) is 0 Å². The molecule has 3 rings (SSSR count). The molecule has 0 spiro atoms. The highest BCUT2D eigenvalue weighted by Gasteiger charge is 2.27. The summed E-state index contributed by atoms with van der Waals surface area (Å²) < 4.78 is 11.0. The number of para-hydroxylation sites is 2. The molecule has 1 saturated carbocycles. The van der Waals surface area contributed by atoms with Gasteiger partial charge < -0.3 is 20.1 Å². The number of hydrogen-bond donors (Lipinski definition) is 4. The van der Waals surface area contributed by atoms with Gasteiger partial charge in [-0.15, -0.1) is 0 Å². The van der Waals surface area contributed by atoms with Crippen molar-refractivity contribution in [2.45, 2.75) is 57.1 Å². The van der Waals surface area contributed by atoms with Crippen LogP contribution < -0.4 is 31.0 Å².